The number of carbonyl (C=O) groups is 1. The maximum absolute atomic E-state index is 11.9. The molecular formula is C14H20N6O2. The van der Waals surface area contributed by atoms with Gasteiger partial charge < -0.3 is 20.1 Å². The van der Waals surface area contributed by atoms with Gasteiger partial charge in [-0.1, -0.05) is 5.16 Å². The summed E-state index contributed by atoms with van der Waals surface area (Å²) in [7, 11) is 4.06. The lowest BCUT2D eigenvalue weighted by Gasteiger charge is -2.10. The lowest BCUT2D eigenvalue weighted by molar-refractivity contribution is 0.102. The fourth-order valence-corrected chi connectivity index (χ4v) is 1.75. The van der Waals surface area contributed by atoms with Crippen LogP contribution in [0, 0.1) is 6.92 Å². The van der Waals surface area contributed by atoms with Gasteiger partial charge in [0.05, 0.1) is 12.4 Å². The average Bonchev–Trinajstić information content (AvgIpc) is 2.89. The highest BCUT2D eigenvalue weighted by Crippen LogP contribution is 2.09. The second-order valence-corrected chi connectivity index (χ2v) is 5.15. The fraction of sp³-hybridized carbons (Fsp3) is 0.429. The van der Waals surface area contributed by atoms with Crippen molar-refractivity contribution in [1.82, 2.24) is 20.0 Å². The normalized spacial score (nSPS) is 10.7. The Morgan fingerprint density at radius 3 is 2.68 bits per heavy atom. The standard InChI is InChI=1S/C14H20N6O2/c1-10-7-12(19-22-10)18-14(21)11-8-17-13(9-16-11)15-5-4-6-20(2)3/h7-9H,4-6H2,1-3H3,(H,15,17)(H,18,19,21). The topological polar surface area (TPSA) is 96.2 Å². The van der Waals surface area contributed by atoms with Crippen LogP contribution < -0.4 is 10.6 Å². The Hall–Kier alpha value is -2.48. The number of aromatic nitrogens is 3. The summed E-state index contributed by atoms with van der Waals surface area (Å²) < 4.78 is 4.88. The van der Waals surface area contributed by atoms with Gasteiger partial charge in [-0.05, 0) is 34.0 Å². The molecule has 2 rings (SSSR count). The van der Waals surface area contributed by atoms with Gasteiger partial charge in [0.25, 0.3) is 5.91 Å². The van der Waals surface area contributed by atoms with Gasteiger partial charge in [-0.3, -0.25) is 4.79 Å². The van der Waals surface area contributed by atoms with Crippen LogP contribution in [0.25, 0.3) is 0 Å². The van der Waals surface area contributed by atoms with Gasteiger partial charge in [-0.2, -0.15) is 0 Å². The van der Waals surface area contributed by atoms with Gasteiger partial charge in [-0.25, -0.2) is 9.97 Å². The highest BCUT2D eigenvalue weighted by molar-refractivity contribution is 6.02. The van der Waals surface area contributed by atoms with E-state index in [2.05, 4.69) is 30.7 Å². The fourth-order valence-electron chi connectivity index (χ4n) is 1.75. The first-order valence-electron chi connectivity index (χ1n) is 7.00. The Labute approximate surface area is 128 Å². The average molecular weight is 304 g/mol. The van der Waals surface area contributed by atoms with Crippen LogP contribution in [0.5, 0.6) is 0 Å². The van der Waals surface area contributed by atoms with Crippen molar-refractivity contribution in [3.8, 4) is 0 Å². The molecule has 0 aliphatic heterocycles. The zero-order valence-electron chi connectivity index (χ0n) is 13.0. The molecule has 2 heterocycles. The zero-order valence-corrected chi connectivity index (χ0v) is 13.0. The van der Waals surface area contributed by atoms with E-state index in [0.717, 1.165) is 19.5 Å². The number of carbonyl (C=O) groups excluding carboxylic acids is 1. The lowest BCUT2D eigenvalue weighted by Crippen LogP contribution is -2.17. The molecule has 0 saturated heterocycles. The number of nitrogens with one attached hydrogen (secondary N) is 2. The van der Waals surface area contributed by atoms with E-state index in [0.29, 0.717) is 17.4 Å². The molecule has 0 bridgehead atoms. The van der Waals surface area contributed by atoms with Crippen LogP contribution in [0.2, 0.25) is 0 Å². The molecule has 0 spiro atoms. The number of nitrogens with zero attached hydrogens (tertiary/aromatic N) is 4. The van der Waals surface area contributed by atoms with Crippen LogP contribution in [0.4, 0.5) is 11.6 Å². The summed E-state index contributed by atoms with van der Waals surface area (Å²) >= 11 is 0. The zero-order chi connectivity index (χ0) is 15.9. The van der Waals surface area contributed by atoms with Gasteiger partial charge in [0, 0.05) is 12.6 Å². The maximum atomic E-state index is 11.9. The molecule has 0 fully saturated rings. The Balaban J connectivity index is 1.84. The summed E-state index contributed by atoms with van der Waals surface area (Å²) in [5.74, 6) is 1.25. The molecule has 2 N–H and O–H groups in total. The van der Waals surface area contributed by atoms with Crippen molar-refractivity contribution in [2.24, 2.45) is 0 Å². The highest BCUT2D eigenvalue weighted by atomic mass is 16.5. The van der Waals surface area contributed by atoms with Gasteiger partial charge >= 0.3 is 0 Å². The summed E-state index contributed by atoms with van der Waals surface area (Å²) in [6.45, 7) is 3.55. The first-order chi connectivity index (χ1) is 10.5. The smallest absolute Gasteiger partial charge is 0.277 e. The Morgan fingerprint density at radius 1 is 1.27 bits per heavy atom. The van der Waals surface area contributed by atoms with E-state index in [-0.39, 0.29) is 11.6 Å². The summed E-state index contributed by atoms with van der Waals surface area (Å²) in [4.78, 5) is 22.3. The molecule has 0 radical (unpaired) electrons. The highest BCUT2D eigenvalue weighted by Gasteiger charge is 2.10. The number of hydrogen-bond acceptors (Lipinski definition) is 7. The lowest BCUT2D eigenvalue weighted by atomic mass is 10.4. The quantitative estimate of drug-likeness (QED) is 0.746. The molecule has 22 heavy (non-hydrogen) atoms. The number of aryl methyl sites for hydroxylation is 1. The van der Waals surface area contributed by atoms with E-state index in [4.69, 9.17) is 4.52 Å². The van der Waals surface area contributed by atoms with Crippen molar-refractivity contribution in [1.29, 1.82) is 0 Å². The van der Waals surface area contributed by atoms with Gasteiger partial charge in [0.2, 0.25) is 0 Å². The Kier molecular flexibility index (Phi) is 5.42. The summed E-state index contributed by atoms with van der Waals surface area (Å²) in [6, 6.07) is 1.63. The molecule has 0 aromatic carbocycles. The van der Waals surface area contributed by atoms with Crippen molar-refractivity contribution in [2.45, 2.75) is 13.3 Å². The summed E-state index contributed by atoms with van der Waals surface area (Å²) in [5, 5.41) is 9.44. The molecule has 2 aromatic heterocycles. The van der Waals surface area contributed by atoms with Crippen molar-refractivity contribution in [3.05, 3.63) is 29.9 Å². The third-order valence-corrected chi connectivity index (χ3v) is 2.84. The van der Waals surface area contributed by atoms with E-state index in [1.165, 1.54) is 6.20 Å². The first kappa shape index (κ1) is 15.9. The number of rotatable bonds is 7. The van der Waals surface area contributed by atoms with E-state index < -0.39 is 0 Å². The Morgan fingerprint density at radius 2 is 2.09 bits per heavy atom. The van der Waals surface area contributed by atoms with Crippen molar-refractivity contribution >= 4 is 17.5 Å². The van der Waals surface area contributed by atoms with E-state index in [1.807, 2.05) is 14.1 Å². The van der Waals surface area contributed by atoms with E-state index in [1.54, 1.807) is 19.2 Å². The number of hydrogen-bond donors (Lipinski definition) is 2. The van der Waals surface area contributed by atoms with Crippen LogP contribution in [0.3, 0.4) is 0 Å². The van der Waals surface area contributed by atoms with Gasteiger partial charge in [0.1, 0.15) is 17.3 Å². The minimum absolute atomic E-state index is 0.222. The monoisotopic (exact) mass is 304 g/mol. The molecule has 2 aromatic rings. The molecular weight excluding hydrogens is 284 g/mol. The SMILES string of the molecule is Cc1cc(NC(=O)c2cnc(NCCCN(C)C)cn2)no1. The third-order valence-electron chi connectivity index (χ3n) is 2.84. The summed E-state index contributed by atoms with van der Waals surface area (Å²) in [5.41, 5.74) is 0.222. The van der Waals surface area contributed by atoms with Crippen LogP contribution >= 0.6 is 0 Å². The number of anilines is 2. The van der Waals surface area contributed by atoms with Gasteiger partial charge in [-0.15, -0.1) is 0 Å². The molecule has 8 heteroatoms. The van der Waals surface area contributed by atoms with Gasteiger partial charge in [0.15, 0.2) is 5.82 Å². The van der Waals surface area contributed by atoms with E-state index >= 15 is 0 Å². The van der Waals surface area contributed by atoms with Crippen molar-refractivity contribution < 1.29 is 9.32 Å². The first-order valence-corrected chi connectivity index (χ1v) is 7.00. The molecule has 0 atom stereocenters. The van der Waals surface area contributed by atoms with E-state index in [9.17, 15) is 4.79 Å². The predicted molar refractivity (Wildman–Crippen MR) is 82.9 cm³/mol. The molecule has 0 aliphatic carbocycles. The van der Waals surface area contributed by atoms with Crippen LogP contribution in [-0.4, -0.2) is 53.1 Å². The second kappa shape index (κ2) is 7.51. The minimum atomic E-state index is -0.375. The minimum Gasteiger partial charge on any atom is -0.369 e. The third kappa shape index (κ3) is 4.81. The molecule has 0 aliphatic rings. The molecule has 118 valence electrons. The molecule has 0 saturated carbocycles. The maximum Gasteiger partial charge on any atom is 0.277 e. The van der Waals surface area contributed by atoms with Crippen LogP contribution in [0.15, 0.2) is 23.0 Å². The summed E-state index contributed by atoms with van der Waals surface area (Å²) in [6.07, 6.45) is 3.97. The number of amides is 1. The predicted octanol–water partition coefficient (Wildman–Crippen LogP) is 1.39. The van der Waals surface area contributed by atoms with Crippen LogP contribution in [0.1, 0.15) is 22.7 Å². The molecule has 0 unspecified atom stereocenters. The Bertz CT molecular complexity index is 608. The molecule has 8 nitrogen and oxygen atoms in total. The van der Waals surface area contributed by atoms with Crippen molar-refractivity contribution in [2.75, 3.05) is 37.8 Å². The van der Waals surface area contributed by atoms with Crippen LogP contribution in [-0.2, 0) is 0 Å². The van der Waals surface area contributed by atoms with Crippen molar-refractivity contribution in [3.63, 3.8) is 0 Å². The molecule has 1 amide bonds. The largest absolute Gasteiger partial charge is 0.369 e. The second-order valence-electron chi connectivity index (χ2n) is 5.15.